The first kappa shape index (κ1) is 12.0. The van der Waals surface area contributed by atoms with Crippen molar-refractivity contribution in [2.24, 2.45) is 17.3 Å². The van der Waals surface area contributed by atoms with E-state index in [1.165, 1.54) is 5.57 Å². The summed E-state index contributed by atoms with van der Waals surface area (Å²) in [5.41, 5.74) is 1.63. The van der Waals surface area contributed by atoms with Gasteiger partial charge in [-0.3, -0.25) is 0 Å². The highest BCUT2D eigenvalue weighted by atomic mass is 16.6. The van der Waals surface area contributed by atoms with Crippen LogP contribution in [0.15, 0.2) is 23.8 Å². The second-order valence-corrected chi connectivity index (χ2v) is 6.23. The molecule has 0 aromatic carbocycles. The third kappa shape index (κ3) is 1.43. The molecule has 1 N–H and O–H groups in total. The summed E-state index contributed by atoms with van der Waals surface area (Å²) in [6.45, 7) is 8.15. The van der Waals surface area contributed by atoms with Gasteiger partial charge in [0.1, 0.15) is 6.10 Å². The molecule has 5 atom stereocenters. The molecule has 0 spiro atoms. The van der Waals surface area contributed by atoms with E-state index in [0.717, 1.165) is 19.3 Å². The third-order valence-electron chi connectivity index (χ3n) is 5.11. The first-order chi connectivity index (χ1) is 8.43. The fourth-order valence-corrected chi connectivity index (χ4v) is 3.88. The van der Waals surface area contributed by atoms with E-state index in [4.69, 9.17) is 4.74 Å². The van der Waals surface area contributed by atoms with E-state index >= 15 is 0 Å². The first-order valence-corrected chi connectivity index (χ1v) is 6.73. The van der Waals surface area contributed by atoms with Crippen LogP contribution in [0.5, 0.6) is 0 Å². The van der Waals surface area contributed by atoms with Crippen LogP contribution >= 0.6 is 0 Å². The van der Waals surface area contributed by atoms with Crippen molar-refractivity contribution < 1.29 is 14.6 Å². The Morgan fingerprint density at radius 2 is 2.22 bits per heavy atom. The molecule has 1 saturated heterocycles. The fraction of sp³-hybridized carbons (Fsp3) is 0.667. The highest BCUT2D eigenvalue weighted by Gasteiger charge is 2.52. The van der Waals surface area contributed by atoms with Gasteiger partial charge in [0.25, 0.3) is 0 Å². The van der Waals surface area contributed by atoms with Crippen molar-refractivity contribution in [3.8, 4) is 0 Å². The minimum absolute atomic E-state index is 0.0216. The lowest BCUT2D eigenvalue weighted by Crippen LogP contribution is -2.46. The molecule has 3 aliphatic rings. The number of aliphatic hydroxyl groups is 1. The fourth-order valence-electron chi connectivity index (χ4n) is 3.88. The number of rotatable bonds is 0. The largest absolute Gasteiger partial charge is 0.458 e. The maximum Gasteiger partial charge on any atom is 0.334 e. The lowest BCUT2D eigenvalue weighted by molar-refractivity contribution is -0.141. The summed E-state index contributed by atoms with van der Waals surface area (Å²) >= 11 is 0. The number of esters is 1. The summed E-state index contributed by atoms with van der Waals surface area (Å²) in [5.74, 6) is 0.224. The number of hydrogen-bond acceptors (Lipinski definition) is 3. The van der Waals surface area contributed by atoms with Crippen LogP contribution in [0.2, 0.25) is 0 Å². The summed E-state index contributed by atoms with van der Waals surface area (Å²) in [4.78, 5) is 11.6. The molecule has 3 heteroatoms. The van der Waals surface area contributed by atoms with Crippen LogP contribution in [0.1, 0.15) is 33.1 Å². The number of carbonyl (C=O) groups excluding carboxylic acids is 1. The Morgan fingerprint density at radius 3 is 2.94 bits per heavy atom. The molecule has 0 aromatic heterocycles. The third-order valence-corrected chi connectivity index (χ3v) is 5.11. The number of hydrogen-bond donors (Lipinski definition) is 1. The van der Waals surface area contributed by atoms with E-state index < -0.39 is 0 Å². The van der Waals surface area contributed by atoms with Crippen molar-refractivity contribution in [3.05, 3.63) is 23.8 Å². The van der Waals surface area contributed by atoms with E-state index in [0.29, 0.717) is 11.5 Å². The molecular weight excluding hydrogens is 228 g/mol. The van der Waals surface area contributed by atoms with Crippen molar-refractivity contribution in [1.82, 2.24) is 0 Å². The van der Waals surface area contributed by atoms with Crippen LogP contribution in [-0.2, 0) is 9.53 Å². The number of aliphatic hydroxyl groups excluding tert-OH is 1. The van der Waals surface area contributed by atoms with Crippen molar-refractivity contribution in [2.75, 3.05) is 0 Å². The Balaban J connectivity index is 2.04. The van der Waals surface area contributed by atoms with Crippen LogP contribution in [0, 0.1) is 17.3 Å². The molecule has 3 nitrogen and oxygen atoms in total. The van der Waals surface area contributed by atoms with Crippen molar-refractivity contribution in [3.63, 3.8) is 0 Å². The van der Waals surface area contributed by atoms with Gasteiger partial charge < -0.3 is 9.84 Å². The second-order valence-electron chi connectivity index (χ2n) is 6.23. The lowest BCUT2D eigenvalue weighted by atomic mass is 9.58. The van der Waals surface area contributed by atoms with Crippen LogP contribution < -0.4 is 0 Å². The first-order valence-electron chi connectivity index (χ1n) is 6.73. The molecule has 1 aliphatic heterocycles. The zero-order chi connectivity index (χ0) is 13.1. The smallest absolute Gasteiger partial charge is 0.334 e. The predicted molar refractivity (Wildman–Crippen MR) is 67.7 cm³/mol. The van der Waals surface area contributed by atoms with Gasteiger partial charge in [-0.1, -0.05) is 32.1 Å². The second kappa shape index (κ2) is 3.70. The van der Waals surface area contributed by atoms with Crippen LogP contribution in [0.4, 0.5) is 0 Å². The number of carbonyl (C=O) groups is 1. The van der Waals surface area contributed by atoms with Gasteiger partial charge in [0.15, 0.2) is 0 Å². The summed E-state index contributed by atoms with van der Waals surface area (Å²) in [5, 5.41) is 10.3. The SMILES string of the molecule is C=C1C(=O)O[C@H]2C[C@@]3(C)C(=C[C@@H]12)[C@H](C)CC[C@@H]3O. The summed E-state index contributed by atoms with van der Waals surface area (Å²) < 4.78 is 5.38. The highest BCUT2D eigenvalue weighted by Crippen LogP contribution is 2.53. The molecular formula is C15H20O3. The van der Waals surface area contributed by atoms with Crippen LogP contribution in [0.25, 0.3) is 0 Å². The molecule has 0 radical (unpaired) electrons. The van der Waals surface area contributed by atoms with Crippen molar-refractivity contribution >= 4 is 5.97 Å². The van der Waals surface area contributed by atoms with E-state index in [1.54, 1.807) is 0 Å². The Hall–Kier alpha value is -1.09. The molecule has 0 bridgehead atoms. The van der Waals surface area contributed by atoms with E-state index in [9.17, 15) is 9.90 Å². The van der Waals surface area contributed by atoms with Gasteiger partial charge in [0, 0.05) is 16.9 Å². The van der Waals surface area contributed by atoms with E-state index in [1.807, 2.05) is 0 Å². The average molecular weight is 248 g/mol. The van der Waals surface area contributed by atoms with Gasteiger partial charge >= 0.3 is 5.97 Å². The molecule has 18 heavy (non-hydrogen) atoms. The standard InChI is InChI=1S/C15H20O3/c1-8-4-5-13(16)15(3)7-12-10(6-11(8)15)9(2)14(17)18-12/h6,8,10,12-13,16H,2,4-5,7H2,1,3H3/t8-,10+,12+,13+,15+/m1/s1. The van der Waals surface area contributed by atoms with E-state index in [-0.39, 0.29) is 29.5 Å². The van der Waals surface area contributed by atoms with Gasteiger partial charge in [0.2, 0.25) is 0 Å². The minimum Gasteiger partial charge on any atom is -0.458 e. The number of fused-ring (bicyclic) bond motifs is 2. The zero-order valence-electron chi connectivity index (χ0n) is 11.0. The Kier molecular flexibility index (Phi) is 2.46. The van der Waals surface area contributed by atoms with Gasteiger partial charge in [0.05, 0.1) is 6.10 Å². The molecule has 0 amide bonds. The quantitative estimate of drug-likeness (QED) is 0.406. The van der Waals surface area contributed by atoms with Gasteiger partial charge in [-0.25, -0.2) is 4.79 Å². The van der Waals surface area contributed by atoms with Gasteiger partial charge in [-0.2, -0.15) is 0 Å². The van der Waals surface area contributed by atoms with E-state index in [2.05, 4.69) is 26.5 Å². The van der Waals surface area contributed by atoms with Crippen LogP contribution in [0.3, 0.4) is 0 Å². The maximum atomic E-state index is 11.6. The molecule has 2 fully saturated rings. The molecule has 98 valence electrons. The topological polar surface area (TPSA) is 46.5 Å². The predicted octanol–water partition coefficient (Wildman–Crippen LogP) is 2.21. The average Bonchev–Trinajstić information content (AvgIpc) is 2.58. The van der Waals surface area contributed by atoms with Gasteiger partial charge in [-0.05, 0) is 25.2 Å². The normalized spacial score (nSPS) is 47.2. The summed E-state index contributed by atoms with van der Waals surface area (Å²) in [6.07, 6.45) is 4.27. The zero-order valence-corrected chi connectivity index (χ0v) is 11.0. The number of ether oxygens (including phenoxy) is 1. The summed E-state index contributed by atoms with van der Waals surface area (Å²) in [7, 11) is 0. The Morgan fingerprint density at radius 1 is 1.50 bits per heavy atom. The van der Waals surface area contributed by atoms with Crippen molar-refractivity contribution in [1.29, 1.82) is 0 Å². The Labute approximate surface area is 108 Å². The monoisotopic (exact) mass is 248 g/mol. The molecule has 0 aromatic rings. The lowest BCUT2D eigenvalue weighted by Gasteiger charge is -2.48. The molecule has 2 aliphatic carbocycles. The van der Waals surface area contributed by atoms with Gasteiger partial charge in [-0.15, -0.1) is 0 Å². The molecule has 0 unspecified atom stereocenters. The highest BCUT2D eigenvalue weighted by molar-refractivity contribution is 5.91. The molecule has 3 rings (SSSR count). The Bertz CT molecular complexity index is 451. The van der Waals surface area contributed by atoms with Crippen molar-refractivity contribution in [2.45, 2.75) is 45.3 Å². The van der Waals surface area contributed by atoms with Crippen LogP contribution in [-0.4, -0.2) is 23.3 Å². The minimum atomic E-state index is -0.325. The molecule has 1 heterocycles. The summed E-state index contributed by atoms with van der Waals surface area (Å²) in [6, 6.07) is 0. The maximum absolute atomic E-state index is 11.6. The molecule has 1 saturated carbocycles.